The molecule has 3 nitrogen and oxygen atoms in total. The van der Waals surface area contributed by atoms with Gasteiger partial charge in [0.2, 0.25) is 0 Å². The Bertz CT molecular complexity index is 239. The maximum absolute atomic E-state index is 11.7. The van der Waals surface area contributed by atoms with Gasteiger partial charge in [-0.1, -0.05) is 33.6 Å². The maximum atomic E-state index is 11.7. The van der Waals surface area contributed by atoms with Gasteiger partial charge in [0.15, 0.2) is 0 Å². The molecule has 0 bridgehead atoms. The van der Waals surface area contributed by atoms with Crippen LogP contribution in [0, 0.1) is 5.92 Å². The molecule has 1 aliphatic heterocycles. The highest BCUT2D eigenvalue weighted by Crippen LogP contribution is 2.32. The van der Waals surface area contributed by atoms with Crippen molar-refractivity contribution in [3.8, 4) is 0 Å². The van der Waals surface area contributed by atoms with E-state index in [1.165, 1.54) is 0 Å². The van der Waals surface area contributed by atoms with Crippen molar-refractivity contribution in [1.82, 2.24) is 4.90 Å². The zero-order chi connectivity index (χ0) is 12.9. The minimum absolute atomic E-state index is 0.594. The summed E-state index contributed by atoms with van der Waals surface area (Å²) in [5.41, 5.74) is -0.594. The van der Waals surface area contributed by atoms with E-state index < -0.39 is 11.5 Å². The fourth-order valence-corrected chi connectivity index (χ4v) is 3.05. The summed E-state index contributed by atoms with van der Waals surface area (Å²) < 4.78 is 0. The third-order valence-corrected chi connectivity index (χ3v) is 4.11. The second-order valence-electron chi connectivity index (χ2n) is 5.51. The monoisotopic (exact) mass is 241 g/mol. The zero-order valence-corrected chi connectivity index (χ0v) is 11.5. The van der Waals surface area contributed by atoms with E-state index in [9.17, 15) is 9.90 Å². The molecule has 0 saturated carbocycles. The Balaban J connectivity index is 2.83. The Hall–Kier alpha value is -0.570. The lowest BCUT2D eigenvalue weighted by Crippen LogP contribution is -2.56. The first-order valence-electron chi connectivity index (χ1n) is 7.05. The molecule has 0 unspecified atom stereocenters. The van der Waals surface area contributed by atoms with Gasteiger partial charge in [0, 0.05) is 0 Å². The molecule has 100 valence electrons. The number of nitrogens with zero attached hydrogens (tertiary/aromatic N) is 1. The van der Waals surface area contributed by atoms with E-state index in [1.807, 2.05) is 0 Å². The highest BCUT2D eigenvalue weighted by molar-refractivity contribution is 5.78. The van der Waals surface area contributed by atoms with Gasteiger partial charge in [0.25, 0.3) is 0 Å². The van der Waals surface area contributed by atoms with E-state index in [0.717, 1.165) is 57.5 Å². The SMILES string of the molecule is CCCC(CCC)(C(=O)O)N1CCC(C)CC1. The van der Waals surface area contributed by atoms with Crippen molar-refractivity contribution >= 4 is 5.97 Å². The van der Waals surface area contributed by atoms with Gasteiger partial charge in [0.05, 0.1) is 0 Å². The topological polar surface area (TPSA) is 40.5 Å². The third kappa shape index (κ3) is 3.21. The Labute approximate surface area is 105 Å². The van der Waals surface area contributed by atoms with Crippen LogP contribution in [0.15, 0.2) is 0 Å². The van der Waals surface area contributed by atoms with Crippen molar-refractivity contribution in [3.63, 3.8) is 0 Å². The lowest BCUT2D eigenvalue weighted by atomic mass is 9.84. The van der Waals surface area contributed by atoms with E-state index in [-0.39, 0.29) is 0 Å². The Morgan fingerprint density at radius 2 is 1.71 bits per heavy atom. The number of likely N-dealkylation sites (tertiary alicyclic amines) is 1. The van der Waals surface area contributed by atoms with Gasteiger partial charge in [-0.2, -0.15) is 0 Å². The van der Waals surface area contributed by atoms with Crippen molar-refractivity contribution in [2.45, 2.75) is 64.8 Å². The van der Waals surface area contributed by atoms with Crippen molar-refractivity contribution < 1.29 is 9.90 Å². The molecule has 0 radical (unpaired) electrons. The molecule has 1 N–H and O–H groups in total. The van der Waals surface area contributed by atoms with E-state index in [4.69, 9.17) is 0 Å². The van der Waals surface area contributed by atoms with Crippen LogP contribution in [0.1, 0.15) is 59.3 Å². The Morgan fingerprint density at radius 1 is 1.24 bits per heavy atom. The molecule has 0 aromatic rings. The van der Waals surface area contributed by atoms with Gasteiger partial charge in [-0.3, -0.25) is 9.69 Å². The summed E-state index contributed by atoms with van der Waals surface area (Å²) in [6, 6.07) is 0. The molecule has 17 heavy (non-hydrogen) atoms. The summed E-state index contributed by atoms with van der Waals surface area (Å²) >= 11 is 0. The largest absolute Gasteiger partial charge is 0.480 e. The molecule has 1 rings (SSSR count). The average Bonchev–Trinajstić information content (AvgIpc) is 2.29. The van der Waals surface area contributed by atoms with E-state index in [2.05, 4.69) is 25.7 Å². The van der Waals surface area contributed by atoms with Crippen LogP contribution in [0.2, 0.25) is 0 Å². The summed E-state index contributed by atoms with van der Waals surface area (Å²) in [7, 11) is 0. The standard InChI is InChI=1S/C14H27NO2/c1-4-8-14(9-5-2,13(16)17)15-10-6-12(3)7-11-15/h12H,4-11H2,1-3H3,(H,16,17). The van der Waals surface area contributed by atoms with Gasteiger partial charge in [0.1, 0.15) is 5.54 Å². The molecule has 0 aromatic carbocycles. The fourth-order valence-electron chi connectivity index (χ4n) is 3.05. The van der Waals surface area contributed by atoms with Crippen molar-refractivity contribution in [2.24, 2.45) is 5.92 Å². The molecule has 0 amide bonds. The van der Waals surface area contributed by atoms with Crippen molar-refractivity contribution in [2.75, 3.05) is 13.1 Å². The number of hydrogen-bond donors (Lipinski definition) is 1. The van der Waals surface area contributed by atoms with Crippen LogP contribution in [0.5, 0.6) is 0 Å². The fraction of sp³-hybridized carbons (Fsp3) is 0.929. The molecule has 0 spiro atoms. The van der Waals surface area contributed by atoms with E-state index >= 15 is 0 Å². The summed E-state index contributed by atoms with van der Waals surface area (Å²) in [5, 5.41) is 9.66. The first-order valence-corrected chi connectivity index (χ1v) is 7.05. The average molecular weight is 241 g/mol. The van der Waals surface area contributed by atoms with Gasteiger partial charge >= 0.3 is 5.97 Å². The predicted octanol–water partition coefficient (Wildman–Crippen LogP) is 3.14. The molecule has 1 aliphatic rings. The summed E-state index contributed by atoms with van der Waals surface area (Å²) in [5.74, 6) is 0.136. The molecule has 3 heteroatoms. The summed E-state index contributed by atoms with van der Waals surface area (Å²) in [4.78, 5) is 14.0. The molecule has 0 atom stereocenters. The number of aliphatic carboxylic acids is 1. The molecular formula is C14H27NO2. The molecular weight excluding hydrogens is 214 g/mol. The molecule has 0 aromatic heterocycles. The van der Waals surface area contributed by atoms with Gasteiger partial charge in [-0.05, 0) is 44.7 Å². The number of rotatable bonds is 6. The van der Waals surface area contributed by atoms with Crippen LogP contribution in [-0.2, 0) is 4.79 Å². The Kier molecular flexibility index (Phi) is 5.44. The van der Waals surface area contributed by atoms with Crippen LogP contribution < -0.4 is 0 Å². The Morgan fingerprint density at radius 3 is 2.06 bits per heavy atom. The maximum Gasteiger partial charge on any atom is 0.324 e. The minimum Gasteiger partial charge on any atom is -0.480 e. The second-order valence-corrected chi connectivity index (χ2v) is 5.51. The number of carboxylic acid groups (broad SMARTS) is 1. The van der Waals surface area contributed by atoms with Crippen LogP contribution in [0.4, 0.5) is 0 Å². The number of hydrogen-bond acceptors (Lipinski definition) is 2. The van der Waals surface area contributed by atoms with E-state index in [0.29, 0.717) is 0 Å². The smallest absolute Gasteiger partial charge is 0.324 e. The molecule has 1 fully saturated rings. The number of carbonyl (C=O) groups is 1. The van der Waals surface area contributed by atoms with Crippen molar-refractivity contribution in [1.29, 1.82) is 0 Å². The second kappa shape index (κ2) is 6.39. The zero-order valence-electron chi connectivity index (χ0n) is 11.5. The van der Waals surface area contributed by atoms with Crippen LogP contribution in [0.25, 0.3) is 0 Å². The van der Waals surface area contributed by atoms with Gasteiger partial charge in [-0.15, -0.1) is 0 Å². The number of carboxylic acids is 1. The lowest BCUT2D eigenvalue weighted by molar-refractivity contribution is -0.154. The normalized spacial score (nSPS) is 19.5. The van der Waals surface area contributed by atoms with Gasteiger partial charge < -0.3 is 5.11 Å². The molecule has 1 saturated heterocycles. The van der Waals surface area contributed by atoms with E-state index in [1.54, 1.807) is 0 Å². The first kappa shape index (κ1) is 14.5. The molecule has 1 heterocycles. The third-order valence-electron chi connectivity index (χ3n) is 4.11. The lowest BCUT2D eigenvalue weighted by Gasteiger charge is -2.44. The first-order chi connectivity index (χ1) is 8.06. The van der Waals surface area contributed by atoms with Crippen molar-refractivity contribution in [3.05, 3.63) is 0 Å². The van der Waals surface area contributed by atoms with Gasteiger partial charge in [-0.25, -0.2) is 0 Å². The highest BCUT2D eigenvalue weighted by atomic mass is 16.4. The molecule has 0 aliphatic carbocycles. The van der Waals surface area contributed by atoms with Crippen LogP contribution in [-0.4, -0.2) is 34.6 Å². The predicted molar refractivity (Wildman–Crippen MR) is 70.2 cm³/mol. The number of piperidine rings is 1. The summed E-state index contributed by atoms with van der Waals surface area (Å²) in [6.07, 6.45) is 5.73. The minimum atomic E-state index is -0.615. The van der Waals surface area contributed by atoms with Crippen LogP contribution in [0.3, 0.4) is 0 Å². The quantitative estimate of drug-likeness (QED) is 0.776. The summed E-state index contributed by atoms with van der Waals surface area (Å²) in [6.45, 7) is 8.33. The van der Waals surface area contributed by atoms with Crippen LogP contribution >= 0.6 is 0 Å². The highest BCUT2D eigenvalue weighted by Gasteiger charge is 2.43.